The molecule has 0 N–H and O–H groups in total. The number of aliphatic imine (C=N–C) groups is 1. The molecular weight excluding hydrogens is 332 g/mol. The molecule has 3 nitrogen and oxygen atoms in total. The summed E-state index contributed by atoms with van der Waals surface area (Å²) in [4.78, 5) is 6.10. The van der Waals surface area contributed by atoms with E-state index in [4.69, 9.17) is 0 Å². The van der Waals surface area contributed by atoms with Gasteiger partial charge in [-0.25, -0.2) is 9.38 Å². The van der Waals surface area contributed by atoms with E-state index in [1.165, 1.54) is 13.0 Å². The van der Waals surface area contributed by atoms with Crippen LogP contribution in [0.1, 0.15) is 24.8 Å². The topological polar surface area (TPSA) is 32.7 Å². The number of halogens is 4. The molecule has 2 rings (SSSR count). The van der Waals surface area contributed by atoms with Gasteiger partial charge in [0.2, 0.25) is 0 Å². The van der Waals surface area contributed by atoms with Crippen LogP contribution in [0.15, 0.2) is 22.0 Å². The van der Waals surface area contributed by atoms with Crippen LogP contribution >= 0.6 is 0 Å². The number of likely N-dealkylation sites (tertiary alicyclic amines) is 1. The fourth-order valence-electron chi connectivity index (χ4n) is 2.43. The number of hydrogen-bond acceptors (Lipinski definition) is 2. The average molecular weight is 350 g/mol. The lowest BCUT2D eigenvalue weighted by molar-refractivity contribution is -0.105. The van der Waals surface area contributed by atoms with Gasteiger partial charge in [0.15, 0.2) is 0 Å². The molecule has 1 aliphatic heterocycles. The molecule has 1 heterocycles. The molecule has 8 heteroatoms. The van der Waals surface area contributed by atoms with Crippen LogP contribution in [0.4, 0.5) is 23.2 Å². The first-order valence-electron chi connectivity index (χ1n) is 7.21. The summed E-state index contributed by atoms with van der Waals surface area (Å²) < 4.78 is 63.3. The quantitative estimate of drug-likeness (QED) is 0.774. The summed E-state index contributed by atoms with van der Waals surface area (Å²) >= 11 is 0. The van der Waals surface area contributed by atoms with E-state index in [1.807, 2.05) is 11.9 Å². The van der Waals surface area contributed by atoms with Crippen LogP contribution in [0, 0.1) is 12.7 Å². The lowest BCUT2D eigenvalue weighted by atomic mass is 10.1. The van der Waals surface area contributed by atoms with Crippen molar-refractivity contribution in [3.8, 4) is 0 Å². The van der Waals surface area contributed by atoms with Crippen LogP contribution in [0.25, 0.3) is 0 Å². The number of aryl methyl sites for hydroxylation is 1. The first kappa shape index (κ1) is 17.9. The van der Waals surface area contributed by atoms with Gasteiger partial charge in [-0.05, 0) is 37.5 Å². The van der Waals surface area contributed by atoms with Gasteiger partial charge in [0.1, 0.15) is 23.1 Å². The van der Waals surface area contributed by atoms with Gasteiger partial charge in [-0.2, -0.15) is 13.2 Å². The number of nitrogens with zero attached hydrogens (tertiary/aromatic N) is 2. The minimum absolute atomic E-state index is 0.0264. The predicted octanol–water partition coefficient (Wildman–Crippen LogP) is 3.95. The standard InChI is InChI=1S/C15H18F4N2OS/c1-10-7-11(16)12(20-14-5-3-4-6-21(14)2)8-13(10)23(22)9-15(17,18)19/h7-8H,3-6,9H2,1-2H3. The number of alkyl halides is 3. The fourth-order valence-corrected chi connectivity index (χ4v) is 3.55. The van der Waals surface area contributed by atoms with Gasteiger partial charge in [0.25, 0.3) is 0 Å². The number of rotatable bonds is 3. The highest BCUT2D eigenvalue weighted by atomic mass is 32.2. The van der Waals surface area contributed by atoms with Crippen molar-refractivity contribution in [1.29, 1.82) is 0 Å². The Hall–Kier alpha value is -1.44. The summed E-state index contributed by atoms with van der Waals surface area (Å²) in [5.74, 6) is -1.39. The Morgan fingerprint density at radius 2 is 2.00 bits per heavy atom. The summed E-state index contributed by atoms with van der Waals surface area (Å²) in [6.45, 7) is 2.25. The maximum atomic E-state index is 14.1. The van der Waals surface area contributed by atoms with Crippen molar-refractivity contribution in [2.45, 2.75) is 37.3 Å². The van der Waals surface area contributed by atoms with Gasteiger partial charge >= 0.3 is 6.18 Å². The molecule has 0 saturated carbocycles. The molecule has 1 aromatic carbocycles. The van der Waals surface area contributed by atoms with Crippen LogP contribution in [-0.2, 0) is 10.8 Å². The highest BCUT2D eigenvalue weighted by Crippen LogP contribution is 2.28. The number of piperidine rings is 1. The second-order valence-corrected chi connectivity index (χ2v) is 7.00. The van der Waals surface area contributed by atoms with Crippen molar-refractivity contribution < 1.29 is 21.8 Å². The Balaban J connectivity index is 2.36. The maximum Gasteiger partial charge on any atom is 0.400 e. The van der Waals surface area contributed by atoms with E-state index in [9.17, 15) is 21.8 Å². The van der Waals surface area contributed by atoms with Crippen molar-refractivity contribution in [3.63, 3.8) is 0 Å². The van der Waals surface area contributed by atoms with Gasteiger partial charge < -0.3 is 4.90 Å². The van der Waals surface area contributed by atoms with Crippen molar-refractivity contribution in [2.24, 2.45) is 4.99 Å². The molecule has 0 spiro atoms. The first-order chi connectivity index (χ1) is 10.7. The number of amidine groups is 1. The first-order valence-corrected chi connectivity index (χ1v) is 8.53. The summed E-state index contributed by atoms with van der Waals surface area (Å²) in [5, 5.41) is 0. The van der Waals surface area contributed by atoms with Crippen molar-refractivity contribution in [3.05, 3.63) is 23.5 Å². The van der Waals surface area contributed by atoms with Crippen LogP contribution in [0.2, 0.25) is 0 Å². The van der Waals surface area contributed by atoms with Gasteiger partial charge in [-0.1, -0.05) is 0 Å². The average Bonchev–Trinajstić information content (AvgIpc) is 2.42. The van der Waals surface area contributed by atoms with Crippen LogP contribution in [0.3, 0.4) is 0 Å². The summed E-state index contributed by atoms with van der Waals surface area (Å²) in [6.07, 6.45) is -1.90. The molecule has 0 bridgehead atoms. The second-order valence-electron chi connectivity index (χ2n) is 5.58. The molecule has 0 aliphatic carbocycles. The lowest BCUT2D eigenvalue weighted by Gasteiger charge is -2.26. The van der Waals surface area contributed by atoms with E-state index in [1.54, 1.807) is 0 Å². The highest BCUT2D eigenvalue weighted by Gasteiger charge is 2.31. The van der Waals surface area contributed by atoms with E-state index in [-0.39, 0.29) is 16.1 Å². The van der Waals surface area contributed by atoms with Gasteiger partial charge in [0, 0.05) is 24.9 Å². The van der Waals surface area contributed by atoms with Crippen LogP contribution in [0.5, 0.6) is 0 Å². The fraction of sp³-hybridized carbons (Fsp3) is 0.533. The van der Waals surface area contributed by atoms with Crippen molar-refractivity contribution >= 4 is 22.3 Å². The van der Waals surface area contributed by atoms with E-state index in [0.717, 1.165) is 25.5 Å². The summed E-state index contributed by atoms with van der Waals surface area (Å²) in [7, 11) is -0.433. The van der Waals surface area contributed by atoms with Gasteiger partial charge in [0.05, 0.1) is 10.8 Å². The minimum atomic E-state index is -4.54. The van der Waals surface area contributed by atoms with Crippen LogP contribution < -0.4 is 0 Å². The Morgan fingerprint density at radius 1 is 1.30 bits per heavy atom. The third kappa shape index (κ3) is 4.76. The Labute approximate surface area is 134 Å². The van der Waals surface area contributed by atoms with E-state index in [0.29, 0.717) is 12.3 Å². The normalized spacial score (nSPS) is 19.2. The molecule has 1 aromatic rings. The highest BCUT2D eigenvalue weighted by molar-refractivity contribution is 7.85. The molecule has 1 fully saturated rings. The molecule has 128 valence electrons. The number of hydrogen-bond donors (Lipinski definition) is 0. The monoisotopic (exact) mass is 350 g/mol. The molecule has 0 radical (unpaired) electrons. The van der Waals surface area contributed by atoms with E-state index < -0.39 is 28.5 Å². The van der Waals surface area contributed by atoms with Crippen molar-refractivity contribution in [2.75, 3.05) is 19.3 Å². The Morgan fingerprint density at radius 3 is 2.61 bits per heavy atom. The SMILES string of the molecule is Cc1cc(F)c(N=C2CCCCN2C)cc1S(=O)CC(F)(F)F. The van der Waals surface area contributed by atoms with Crippen molar-refractivity contribution in [1.82, 2.24) is 4.90 Å². The van der Waals surface area contributed by atoms with E-state index >= 15 is 0 Å². The number of benzene rings is 1. The molecule has 1 saturated heterocycles. The zero-order chi connectivity index (χ0) is 17.2. The smallest absolute Gasteiger partial charge is 0.363 e. The summed E-state index contributed by atoms with van der Waals surface area (Å²) in [6, 6.07) is 2.26. The zero-order valence-corrected chi connectivity index (χ0v) is 13.7. The lowest BCUT2D eigenvalue weighted by Crippen LogP contribution is -2.31. The molecule has 1 atom stereocenters. The van der Waals surface area contributed by atoms with Gasteiger partial charge in [-0.15, -0.1) is 0 Å². The molecule has 1 aliphatic rings. The molecule has 1 unspecified atom stereocenters. The molecule has 0 amide bonds. The molecule has 23 heavy (non-hydrogen) atoms. The minimum Gasteiger partial charge on any atom is -0.363 e. The maximum absolute atomic E-state index is 14.1. The van der Waals surface area contributed by atoms with Crippen LogP contribution in [-0.4, -0.2) is 40.5 Å². The summed E-state index contributed by atoms with van der Waals surface area (Å²) in [5.41, 5.74) is 0.163. The molecule has 0 aromatic heterocycles. The largest absolute Gasteiger partial charge is 0.400 e. The zero-order valence-electron chi connectivity index (χ0n) is 12.9. The Bertz CT molecular complexity index is 643. The third-order valence-corrected chi connectivity index (χ3v) is 5.14. The van der Waals surface area contributed by atoms with E-state index in [2.05, 4.69) is 4.99 Å². The third-order valence-electron chi connectivity index (χ3n) is 3.62. The predicted molar refractivity (Wildman–Crippen MR) is 82.0 cm³/mol. The van der Waals surface area contributed by atoms with Gasteiger partial charge in [-0.3, -0.25) is 4.21 Å². The second kappa shape index (κ2) is 6.98. The molecular formula is C15H18F4N2OS. The Kier molecular flexibility index (Phi) is 5.44.